The summed E-state index contributed by atoms with van der Waals surface area (Å²) in [5, 5.41) is 8.79. The molecule has 0 aliphatic carbocycles. The van der Waals surface area contributed by atoms with Crippen LogP contribution in [0.4, 0.5) is 5.69 Å². The highest BCUT2D eigenvalue weighted by Crippen LogP contribution is 2.29. The molecule has 0 aliphatic heterocycles. The van der Waals surface area contributed by atoms with Gasteiger partial charge in [-0.15, -0.1) is 0 Å². The fourth-order valence-electron chi connectivity index (χ4n) is 1.25. The van der Waals surface area contributed by atoms with Gasteiger partial charge >= 0.3 is 0 Å². The third-order valence-electron chi connectivity index (χ3n) is 2.44. The molecule has 0 saturated carbocycles. The number of halogens is 1. The van der Waals surface area contributed by atoms with Crippen LogP contribution in [0.25, 0.3) is 0 Å². The van der Waals surface area contributed by atoms with Crippen LogP contribution >= 0.6 is 22.6 Å². The zero-order valence-corrected chi connectivity index (χ0v) is 12.4. The molecule has 0 radical (unpaired) electrons. The average molecular weight is 359 g/mol. The number of nitrogen functional groups attached to an aromatic ring is 1. The number of ether oxygens (including phenoxy) is 1. The Morgan fingerprint density at radius 2 is 2.28 bits per heavy atom. The maximum absolute atomic E-state index is 11.6. The lowest BCUT2D eigenvalue weighted by Gasteiger charge is -2.16. The molecule has 0 heterocycles. The molecular formula is C12H14IN3O2. The second kappa shape index (κ2) is 6.44. The first-order chi connectivity index (χ1) is 8.49. The van der Waals surface area contributed by atoms with Crippen molar-refractivity contribution in [2.75, 3.05) is 25.9 Å². The van der Waals surface area contributed by atoms with Crippen molar-refractivity contribution in [3.8, 4) is 11.8 Å². The Labute approximate surface area is 120 Å². The third-order valence-corrected chi connectivity index (χ3v) is 3.24. The van der Waals surface area contributed by atoms with Crippen molar-refractivity contribution in [3.05, 3.63) is 21.3 Å². The van der Waals surface area contributed by atoms with E-state index in [0.717, 1.165) is 3.57 Å². The molecule has 1 aromatic rings. The number of carbonyl (C=O) groups excluding carboxylic acids is 1. The Bertz CT molecular complexity index is 474. The van der Waals surface area contributed by atoms with Crippen LogP contribution in [-0.2, 0) is 4.79 Å². The molecule has 1 amide bonds. The van der Waals surface area contributed by atoms with Crippen molar-refractivity contribution < 1.29 is 9.53 Å². The van der Waals surface area contributed by atoms with Crippen LogP contribution in [0.2, 0.25) is 0 Å². The molecule has 18 heavy (non-hydrogen) atoms. The average Bonchev–Trinajstić information content (AvgIpc) is 2.36. The number of nitrogens with zero attached hydrogens (tertiary/aromatic N) is 2. The van der Waals surface area contributed by atoms with Crippen LogP contribution in [0.1, 0.15) is 12.5 Å². The monoisotopic (exact) mass is 359 g/mol. The summed E-state index contributed by atoms with van der Waals surface area (Å²) in [4.78, 5) is 13.2. The minimum atomic E-state index is -0.114. The van der Waals surface area contributed by atoms with Crippen molar-refractivity contribution in [1.82, 2.24) is 4.90 Å². The first kappa shape index (κ1) is 14.6. The predicted octanol–water partition coefficient (Wildman–Crippen LogP) is 1.60. The van der Waals surface area contributed by atoms with Gasteiger partial charge in [0.25, 0.3) is 5.91 Å². The van der Waals surface area contributed by atoms with E-state index in [1.165, 1.54) is 6.07 Å². The Morgan fingerprint density at radius 1 is 1.61 bits per heavy atom. The molecule has 1 aromatic carbocycles. The molecule has 1 rings (SSSR count). The minimum Gasteiger partial charge on any atom is -0.480 e. The number of hydrogen-bond acceptors (Lipinski definition) is 4. The SMILES string of the molecule is CCN(C)C(=O)COc1c(N)cc(C#N)cc1I. The standard InChI is InChI=1S/C12H14IN3O2/c1-3-16(2)11(17)7-18-12-9(13)4-8(6-14)5-10(12)15/h4-5H,3,7,15H2,1-2H3. The molecule has 6 heteroatoms. The van der Waals surface area contributed by atoms with Gasteiger partial charge in [0.1, 0.15) is 0 Å². The van der Waals surface area contributed by atoms with Crippen LogP contribution in [0.3, 0.4) is 0 Å². The molecule has 0 atom stereocenters. The van der Waals surface area contributed by atoms with E-state index in [9.17, 15) is 4.79 Å². The largest absolute Gasteiger partial charge is 0.480 e. The summed E-state index contributed by atoms with van der Waals surface area (Å²) in [5.74, 6) is 0.338. The molecule has 0 fully saturated rings. The molecular weight excluding hydrogens is 345 g/mol. The van der Waals surface area contributed by atoms with Crippen LogP contribution in [0, 0.1) is 14.9 Å². The van der Waals surface area contributed by atoms with E-state index in [2.05, 4.69) is 0 Å². The number of amides is 1. The van der Waals surface area contributed by atoms with Crippen LogP contribution in [0.15, 0.2) is 12.1 Å². The van der Waals surface area contributed by atoms with Crippen molar-refractivity contribution in [2.45, 2.75) is 6.92 Å². The first-order valence-corrected chi connectivity index (χ1v) is 6.43. The van der Waals surface area contributed by atoms with Crippen molar-refractivity contribution in [3.63, 3.8) is 0 Å². The molecule has 0 unspecified atom stereocenters. The number of benzene rings is 1. The van der Waals surface area contributed by atoms with E-state index in [1.807, 2.05) is 35.6 Å². The number of nitrogens with two attached hydrogens (primary N) is 1. The number of likely N-dealkylation sites (N-methyl/N-ethyl adjacent to an activating group) is 1. The normalized spacial score (nSPS) is 9.67. The Morgan fingerprint density at radius 3 is 2.78 bits per heavy atom. The Kier molecular flexibility index (Phi) is 5.22. The van der Waals surface area contributed by atoms with Gasteiger partial charge in [0.2, 0.25) is 0 Å². The van der Waals surface area contributed by atoms with Gasteiger partial charge in [-0.25, -0.2) is 0 Å². The summed E-state index contributed by atoms with van der Waals surface area (Å²) in [6, 6.07) is 5.21. The molecule has 0 aliphatic rings. The van der Waals surface area contributed by atoms with Gasteiger partial charge in [0, 0.05) is 13.6 Å². The molecule has 0 aromatic heterocycles. The molecule has 96 valence electrons. The summed E-state index contributed by atoms with van der Waals surface area (Å²) in [7, 11) is 1.71. The topological polar surface area (TPSA) is 79.3 Å². The summed E-state index contributed by atoms with van der Waals surface area (Å²) < 4.78 is 6.14. The van der Waals surface area contributed by atoms with Gasteiger partial charge in [-0.05, 0) is 41.6 Å². The minimum absolute atomic E-state index is 0.0591. The van der Waals surface area contributed by atoms with Gasteiger partial charge in [0.15, 0.2) is 12.4 Å². The van der Waals surface area contributed by atoms with Gasteiger partial charge < -0.3 is 15.4 Å². The fraction of sp³-hybridized carbons (Fsp3) is 0.333. The lowest BCUT2D eigenvalue weighted by molar-refractivity contribution is -0.131. The molecule has 0 bridgehead atoms. The second-order valence-electron chi connectivity index (χ2n) is 3.68. The quantitative estimate of drug-likeness (QED) is 0.654. The maximum Gasteiger partial charge on any atom is 0.260 e. The summed E-state index contributed by atoms with van der Waals surface area (Å²) >= 11 is 2.03. The second-order valence-corrected chi connectivity index (χ2v) is 4.85. The Balaban J connectivity index is 2.81. The highest BCUT2D eigenvalue weighted by atomic mass is 127. The number of hydrogen-bond donors (Lipinski definition) is 1. The Hall–Kier alpha value is -1.49. The highest BCUT2D eigenvalue weighted by molar-refractivity contribution is 14.1. The van der Waals surface area contributed by atoms with Crippen LogP contribution < -0.4 is 10.5 Å². The molecule has 2 N–H and O–H groups in total. The summed E-state index contributed by atoms with van der Waals surface area (Å²) in [6.07, 6.45) is 0. The number of nitriles is 1. The molecule has 5 nitrogen and oxygen atoms in total. The zero-order valence-electron chi connectivity index (χ0n) is 10.2. The highest BCUT2D eigenvalue weighted by Gasteiger charge is 2.12. The van der Waals surface area contributed by atoms with Gasteiger partial charge in [0.05, 0.1) is 20.9 Å². The molecule has 0 spiro atoms. The lowest BCUT2D eigenvalue weighted by atomic mass is 10.2. The number of rotatable bonds is 4. The van der Waals surface area contributed by atoms with E-state index < -0.39 is 0 Å². The smallest absolute Gasteiger partial charge is 0.260 e. The third kappa shape index (κ3) is 3.50. The van der Waals surface area contributed by atoms with Crippen molar-refractivity contribution in [1.29, 1.82) is 5.26 Å². The zero-order chi connectivity index (χ0) is 13.7. The van der Waals surface area contributed by atoms with E-state index >= 15 is 0 Å². The van der Waals surface area contributed by atoms with E-state index in [4.69, 9.17) is 15.7 Å². The van der Waals surface area contributed by atoms with Gasteiger partial charge in [-0.1, -0.05) is 0 Å². The van der Waals surface area contributed by atoms with E-state index in [-0.39, 0.29) is 12.5 Å². The van der Waals surface area contributed by atoms with Gasteiger partial charge in [-0.2, -0.15) is 5.26 Å². The number of anilines is 1. The fourth-order valence-corrected chi connectivity index (χ4v) is 2.05. The number of carbonyl (C=O) groups is 1. The predicted molar refractivity (Wildman–Crippen MR) is 77.1 cm³/mol. The molecule has 0 saturated heterocycles. The first-order valence-electron chi connectivity index (χ1n) is 5.35. The van der Waals surface area contributed by atoms with E-state index in [1.54, 1.807) is 18.0 Å². The summed E-state index contributed by atoms with van der Waals surface area (Å²) in [6.45, 7) is 2.45. The summed E-state index contributed by atoms with van der Waals surface area (Å²) in [5.41, 5.74) is 6.63. The van der Waals surface area contributed by atoms with Crippen molar-refractivity contribution >= 4 is 34.2 Å². The van der Waals surface area contributed by atoms with Crippen molar-refractivity contribution in [2.24, 2.45) is 0 Å². The van der Waals surface area contributed by atoms with Crippen LogP contribution in [0.5, 0.6) is 5.75 Å². The van der Waals surface area contributed by atoms with E-state index in [0.29, 0.717) is 23.5 Å². The van der Waals surface area contributed by atoms with Gasteiger partial charge in [-0.3, -0.25) is 4.79 Å². The maximum atomic E-state index is 11.6. The van der Waals surface area contributed by atoms with Crippen LogP contribution in [-0.4, -0.2) is 31.0 Å². The lowest BCUT2D eigenvalue weighted by Crippen LogP contribution is -2.31.